The van der Waals surface area contributed by atoms with Gasteiger partial charge < -0.3 is 10.1 Å². The van der Waals surface area contributed by atoms with Gasteiger partial charge in [-0.05, 0) is 42.4 Å². The van der Waals surface area contributed by atoms with Crippen molar-refractivity contribution in [1.82, 2.24) is 5.32 Å². The van der Waals surface area contributed by atoms with Crippen LogP contribution in [0.25, 0.3) is 0 Å². The molecule has 2 fully saturated rings. The summed E-state index contributed by atoms with van der Waals surface area (Å²) in [6.45, 7) is 7.88. The number of rotatable bonds is 7. The van der Waals surface area contributed by atoms with E-state index in [-0.39, 0.29) is 0 Å². The summed E-state index contributed by atoms with van der Waals surface area (Å²) in [5.41, 5.74) is 0.603. The molecule has 0 radical (unpaired) electrons. The van der Waals surface area contributed by atoms with Gasteiger partial charge in [0.2, 0.25) is 0 Å². The van der Waals surface area contributed by atoms with Crippen molar-refractivity contribution in [2.24, 2.45) is 23.2 Å². The minimum atomic E-state index is 0.603. The van der Waals surface area contributed by atoms with Crippen LogP contribution in [0.1, 0.15) is 46.0 Å². The van der Waals surface area contributed by atoms with Crippen LogP contribution in [0.2, 0.25) is 0 Å². The first-order valence-electron chi connectivity index (χ1n) is 7.42. The predicted octanol–water partition coefficient (Wildman–Crippen LogP) is 3.07. The Morgan fingerprint density at radius 3 is 2.76 bits per heavy atom. The van der Waals surface area contributed by atoms with Crippen LogP contribution in [-0.4, -0.2) is 26.8 Å². The van der Waals surface area contributed by atoms with Gasteiger partial charge in [0.15, 0.2) is 0 Å². The van der Waals surface area contributed by atoms with E-state index in [0.29, 0.717) is 5.41 Å². The first-order valence-corrected chi connectivity index (χ1v) is 7.42. The first-order chi connectivity index (χ1) is 8.23. The fraction of sp³-hybridized carbons (Fsp3) is 1.00. The Kier molecular flexibility index (Phi) is 4.48. The molecule has 0 aromatic rings. The third kappa shape index (κ3) is 2.53. The molecule has 0 aromatic carbocycles. The van der Waals surface area contributed by atoms with Crippen molar-refractivity contribution in [3.63, 3.8) is 0 Å². The van der Waals surface area contributed by atoms with Crippen LogP contribution in [0.4, 0.5) is 0 Å². The maximum absolute atomic E-state index is 5.13. The minimum absolute atomic E-state index is 0.603. The van der Waals surface area contributed by atoms with Gasteiger partial charge in [-0.1, -0.05) is 26.7 Å². The van der Waals surface area contributed by atoms with Gasteiger partial charge in [0.05, 0.1) is 6.61 Å². The Hall–Kier alpha value is -0.0800. The van der Waals surface area contributed by atoms with E-state index in [0.717, 1.165) is 30.9 Å². The standard InChI is InChI=1S/C15H29NO/c1-4-12(2)15(11-16-7-8-17-3)10-13-5-6-14(15)9-13/h12-14,16H,4-11H2,1-3H3. The number of hydrogen-bond acceptors (Lipinski definition) is 2. The number of hydrogen-bond donors (Lipinski definition) is 1. The third-order valence-corrected chi connectivity index (χ3v) is 5.55. The van der Waals surface area contributed by atoms with Gasteiger partial charge in [-0.15, -0.1) is 0 Å². The smallest absolute Gasteiger partial charge is 0.0587 e. The van der Waals surface area contributed by atoms with Crippen LogP contribution in [0, 0.1) is 23.2 Å². The van der Waals surface area contributed by atoms with Crippen LogP contribution in [-0.2, 0) is 4.74 Å². The molecule has 100 valence electrons. The molecule has 0 aromatic heterocycles. The molecule has 2 aliphatic carbocycles. The highest BCUT2D eigenvalue weighted by Gasteiger charge is 2.52. The molecule has 17 heavy (non-hydrogen) atoms. The van der Waals surface area contributed by atoms with E-state index in [1.807, 2.05) is 0 Å². The maximum atomic E-state index is 5.13. The summed E-state index contributed by atoms with van der Waals surface area (Å²) in [6, 6.07) is 0. The summed E-state index contributed by atoms with van der Waals surface area (Å²) < 4.78 is 5.13. The van der Waals surface area contributed by atoms with Crippen LogP contribution in [0.15, 0.2) is 0 Å². The Morgan fingerprint density at radius 2 is 2.24 bits per heavy atom. The van der Waals surface area contributed by atoms with Crippen molar-refractivity contribution < 1.29 is 4.74 Å². The van der Waals surface area contributed by atoms with Gasteiger partial charge in [-0.25, -0.2) is 0 Å². The molecule has 2 bridgehead atoms. The second-order valence-electron chi connectivity index (χ2n) is 6.29. The van der Waals surface area contributed by atoms with Crippen molar-refractivity contribution in [1.29, 1.82) is 0 Å². The summed E-state index contributed by atoms with van der Waals surface area (Å²) in [6.07, 6.45) is 7.31. The largest absolute Gasteiger partial charge is 0.383 e. The van der Waals surface area contributed by atoms with Gasteiger partial charge >= 0.3 is 0 Å². The molecule has 0 amide bonds. The second-order valence-corrected chi connectivity index (χ2v) is 6.29. The highest BCUT2D eigenvalue weighted by atomic mass is 16.5. The fourth-order valence-corrected chi connectivity index (χ4v) is 4.38. The molecule has 2 rings (SSSR count). The van der Waals surface area contributed by atoms with Crippen LogP contribution < -0.4 is 5.32 Å². The Labute approximate surface area is 107 Å². The van der Waals surface area contributed by atoms with Gasteiger partial charge in [-0.2, -0.15) is 0 Å². The lowest BCUT2D eigenvalue weighted by molar-refractivity contribution is 0.0770. The van der Waals surface area contributed by atoms with Crippen molar-refractivity contribution in [2.75, 3.05) is 26.8 Å². The zero-order valence-electron chi connectivity index (χ0n) is 11.8. The van der Waals surface area contributed by atoms with Crippen molar-refractivity contribution in [3.8, 4) is 0 Å². The highest BCUT2D eigenvalue weighted by Crippen LogP contribution is 2.59. The molecule has 4 atom stereocenters. The molecule has 0 heterocycles. The molecule has 2 aliphatic rings. The lowest BCUT2D eigenvalue weighted by Gasteiger charge is -2.43. The highest BCUT2D eigenvalue weighted by molar-refractivity contribution is 5.03. The minimum Gasteiger partial charge on any atom is -0.383 e. The van der Waals surface area contributed by atoms with Crippen molar-refractivity contribution in [2.45, 2.75) is 46.0 Å². The van der Waals surface area contributed by atoms with Crippen molar-refractivity contribution in [3.05, 3.63) is 0 Å². The maximum Gasteiger partial charge on any atom is 0.0587 e. The van der Waals surface area contributed by atoms with E-state index in [1.165, 1.54) is 38.6 Å². The molecule has 0 saturated heterocycles. The van der Waals surface area contributed by atoms with Crippen molar-refractivity contribution >= 4 is 0 Å². The zero-order chi connectivity index (χ0) is 12.3. The van der Waals surface area contributed by atoms with E-state index in [2.05, 4.69) is 19.2 Å². The molecular weight excluding hydrogens is 210 g/mol. The monoisotopic (exact) mass is 239 g/mol. The lowest BCUT2D eigenvalue weighted by Crippen LogP contribution is -2.44. The predicted molar refractivity (Wildman–Crippen MR) is 72.1 cm³/mol. The molecule has 2 saturated carbocycles. The SMILES string of the molecule is CCC(C)C1(CNCCOC)CC2CCC1C2. The molecular formula is C15H29NO. The fourth-order valence-electron chi connectivity index (χ4n) is 4.38. The van der Waals surface area contributed by atoms with E-state index in [4.69, 9.17) is 4.74 Å². The van der Waals surface area contributed by atoms with E-state index < -0.39 is 0 Å². The van der Waals surface area contributed by atoms with Gasteiger partial charge in [0.1, 0.15) is 0 Å². The molecule has 0 spiro atoms. The van der Waals surface area contributed by atoms with E-state index in [1.54, 1.807) is 7.11 Å². The average Bonchev–Trinajstić information content (AvgIpc) is 2.94. The lowest BCUT2D eigenvalue weighted by atomic mass is 9.64. The van der Waals surface area contributed by atoms with Gasteiger partial charge in [0.25, 0.3) is 0 Å². The summed E-state index contributed by atoms with van der Waals surface area (Å²) >= 11 is 0. The number of nitrogens with one attached hydrogen (secondary N) is 1. The summed E-state index contributed by atoms with van der Waals surface area (Å²) in [7, 11) is 1.78. The normalized spacial score (nSPS) is 37.6. The molecule has 2 heteroatoms. The van der Waals surface area contributed by atoms with Crippen LogP contribution >= 0.6 is 0 Å². The Morgan fingerprint density at radius 1 is 1.41 bits per heavy atom. The zero-order valence-corrected chi connectivity index (χ0v) is 11.8. The van der Waals surface area contributed by atoms with Gasteiger partial charge in [0, 0.05) is 20.2 Å². The van der Waals surface area contributed by atoms with Gasteiger partial charge in [-0.3, -0.25) is 0 Å². The topological polar surface area (TPSA) is 21.3 Å². The number of fused-ring (bicyclic) bond motifs is 2. The third-order valence-electron chi connectivity index (χ3n) is 5.55. The molecule has 0 aliphatic heterocycles. The van der Waals surface area contributed by atoms with E-state index >= 15 is 0 Å². The quantitative estimate of drug-likeness (QED) is 0.689. The molecule has 1 N–H and O–H groups in total. The summed E-state index contributed by atoms with van der Waals surface area (Å²) in [5, 5.41) is 3.64. The summed E-state index contributed by atoms with van der Waals surface area (Å²) in [5.74, 6) is 2.91. The Balaban J connectivity index is 1.94. The average molecular weight is 239 g/mol. The number of ether oxygens (including phenoxy) is 1. The summed E-state index contributed by atoms with van der Waals surface area (Å²) in [4.78, 5) is 0. The first kappa shape index (κ1) is 13.4. The van der Waals surface area contributed by atoms with Crippen LogP contribution in [0.5, 0.6) is 0 Å². The van der Waals surface area contributed by atoms with Crippen LogP contribution in [0.3, 0.4) is 0 Å². The van der Waals surface area contributed by atoms with E-state index in [9.17, 15) is 0 Å². The second kappa shape index (κ2) is 5.71. The molecule has 4 unspecified atom stereocenters. The molecule has 2 nitrogen and oxygen atoms in total. The number of methoxy groups -OCH3 is 1. The Bertz CT molecular complexity index is 243.